The van der Waals surface area contributed by atoms with Crippen molar-refractivity contribution in [3.63, 3.8) is 0 Å². The molecule has 4 rings (SSSR count). The number of para-hydroxylation sites is 1. The van der Waals surface area contributed by atoms with Gasteiger partial charge in [0.1, 0.15) is 5.75 Å². The van der Waals surface area contributed by atoms with E-state index in [9.17, 15) is 5.11 Å². The number of piperazine rings is 1. The van der Waals surface area contributed by atoms with Crippen molar-refractivity contribution >= 4 is 16.6 Å². The molecule has 0 amide bonds. The Kier molecular flexibility index (Phi) is 4.05. The molecule has 0 atom stereocenters. The van der Waals surface area contributed by atoms with Crippen molar-refractivity contribution in [2.45, 2.75) is 6.54 Å². The molecule has 2 heterocycles. The number of hydrogen-bond acceptors (Lipinski definition) is 4. The fraction of sp³-hybridized carbons (Fsp3) is 0.250. The molecule has 0 saturated carbocycles. The van der Waals surface area contributed by atoms with Crippen LogP contribution in [0.2, 0.25) is 0 Å². The normalized spacial score (nSPS) is 15.8. The van der Waals surface area contributed by atoms with Gasteiger partial charge >= 0.3 is 0 Å². The number of anilines is 1. The highest BCUT2D eigenvalue weighted by atomic mass is 16.3. The van der Waals surface area contributed by atoms with Crippen LogP contribution >= 0.6 is 0 Å². The van der Waals surface area contributed by atoms with Crippen molar-refractivity contribution in [3.8, 4) is 5.75 Å². The molecule has 0 radical (unpaired) electrons. The third kappa shape index (κ3) is 3.05. The lowest BCUT2D eigenvalue weighted by Crippen LogP contribution is -2.46. The van der Waals surface area contributed by atoms with Gasteiger partial charge < -0.3 is 10.0 Å². The van der Waals surface area contributed by atoms with Crippen molar-refractivity contribution in [1.82, 2.24) is 9.88 Å². The van der Waals surface area contributed by atoms with Gasteiger partial charge in [-0.1, -0.05) is 30.3 Å². The smallest absolute Gasteiger partial charge is 0.115 e. The first-order valence-electron chi connectivity index (χ1n) is 8.38. The number of benzene rings is 2. The van der Waals surface area contributed by atoms with Gasteiger partial charge in [0.2, 0.25) is 0 Å². The molecule has 122 valence electrons. The molecule has 4 nitrogen and oxygen atoms in total. The van der Waals surface area contributed by atoms with Crippen LogP contribution in [0.5, 0.6) is 5.75 Å². The first-order chi connectivity index (χ1) is 11.8. The lowest BCUT2D eigenvalue weighted by molar-refractivity contribution is 0.250. The van der Waals surface area contributed by atoms with E-state index >= 15 is 0 Å². The number of pyridine rings is 1. The number of rotatable bonds is 3. The third-order valence-electron chi connectivity index (χ3n) is 4.67. The van der Waals surface area contributed by atoms with E-state index in [4.69, 9.17) is 0 Å². The molecule has 1 aromatic heterocycles. The number of aromatic hydroxyl groups is 1. The van der Waals surface area contributed by atoms with Crippen molar-refractivity contribution in [1.29, 1.82) is 0 Å². The summed E-state index contributed by atoms with van der Waals surface area (Å²) in [6, 6.07) is 18.0. The van der Waals surface area contributed by atoms with E-state index in [1.165, 1.54) is 16.6 Å². The lowest BCUT2D eigenvalue weighted by Gasteiger charge is -2.36. The third-order valence-corrected chi connectivity index (χ3v) is 4.67. The Bertz CT molecular complexity index is 818. The zero-order chi connectivity index (χ0) is 16.4. The highest BCUT2D eigenvalue weighted by Crippen LogP contribution is 2.26. The van der Waals surface area contributed by atoms with E-state index in [0.717, 1.165) is 38.2 Å². The molecular formula is C20H21N3O. The van der Waals surface area contributed by atoms with E-state index in [-0.39, 0.29) is 0 Å². The first-order valence-corrected chi connectivity index (χ1v) is 8.38. The summed E-state index contributed by atoms with van der Waals surface area (Å²) in [6.07, 6.45) is 1.87. The summed E-state index contributed by atoms with van der Waals surface area (Å²) in [6.45, 7) is 5.01. The van der Waals surface area contributed by atoms with Gasteiger partial charge in [-0.15, -0.1) is 0 Å². The van der Waals surface area contributed by atoms with E-state index in [1.54, 1.807) is 12.1 Å². The predicted octanol–water partition coefficient (Wildman–Crippen LogP) is 3.26. The fourth-order valence-corrected chi connectivity index (χ4v) is 3.35. The van der Waals surface area contributed by atoms with Gasteiger partial charge in [-0.3, -0.25) is 9.88 Å². The molecule has 1 aliphatic heterocycles. The lowest BCUT2D eigenvalue weighted by atomic mass is 10.1. The van der Waals surface area contributed by atoms with Crippen LogP contribution in [0.15, 0.2) is 60.8 Å². The van der Waals surface area contributed by atoms with Gasteiger partial charge in [0.05, 0.1) is 11.2 Å². The van der Waals surface area contributed by atoms with E-state index < -0.39 is 0 Å². The van der Waals surface area contributed by atoms with Gasteiger partial charge in [0.15, 0.2) is 0 Å². The molecule has 0 bridgehead atoms. The molecule has 3 aromatic rings. The molecule has 1 fully saturated rings. The second kappa shape index (κ2) is 6.49. The van der Waals surface area contributed by atoms with Crippen LogP contribution in [-0.2, 0) is 6.54 Å². The average molecular weight is 319 g/mol. The zero-order valence-electron chi connectivity index (χ0n) is 13.6. The summed E-state index contributed by atoms with van der Waals surface area (Å²) < 4.78 is 0. The summed E-state index contributed by atoms with van der Waals surface area (Å²) in [7, 11) is 0. The quantitative estimate of drug-likeness (QED) is 0.804. The van der Waals surface area contributed by atoms with E-state index in [0.29, 0.717) is 5.75 Å². The summed E-state index contributed by atoms with van der Waals surface area (Å²) in [5.41, 5.74) is 3.57. The van der Waals surface area contributed by atoms with Crippen molar-refractivity contribution in [2.75, 3.05) is 31.1 Å². The Morgan fingerprint density at radius 2 is 1.62 bits per heavy atom. The van der Waals surface area contributed by atoms with Crippen LogP contribution in [0.3, 0.4) is 0 Å². The van der Waals surface area contributed by atoms with Crippen LogP contribution in [0.25, 0.3) is 10.9 Å². The Balaban J connectivity index is 1.45. The van der Waals surface area contributed by atoms with Crippen LogP contribution in [0.4, 0.5) is 5.69 Å². The second-order valence-corrected chi connectivity index (χ2v) is 6.28. The Morgan fingerprint density at radius 3 is 2.42 bits per heavy atom. The number of hydrogen-bond donors (Lipinski definition) is 1. The maximum absolute atomic E-state index is 9.38. The molecule has 24 heavy (non-hydrogen) atoms. The van der Waals surface area contributed by atoms with Crippen LogP contribution in [0.1, 0.15) is 5.56 Å². The largest absolute Gasteiger partial charge is 0.508 e. The molecule has 1 saturated heterocycles. The van der Waals surface area contributed by atoms with Gasteiger partial charge in [-0.25, -0.2) is 0 Å². The SMILES string of the molecule is Oc1ccc(CN2CCN(c3cccc4cccnc34)CC2)cc1. The van der Waals surface area contributed by atoms with Gasteiger partial charge in [0.25, 0.3) is 0 Å². The number of aromatic nitrogens is 1. The van der Waals surface area contributed by atoms with Gasteiger partial charge in [-0.05, 0) is 29.8 Å². The average Bonchev–Trinajstić information content (AvgIpc) is 2.64. The van der Waals surface area contributed by atoms with Crippen LogP contribution in [-0.4, -0.2) is 41.2 Å². The molecular weight excluding hydrogens is 298 g/mol. The Morgan fingerprint density at radius 1 is 0.875 bits per heavy atom. The first kappa shape index (κ1) is 15.0. The van der Waals surface area contributed by atoms with Crippen molar-refractivity contribution < 1.29 is 5.11 Å². The standard InChI is InChI=1S/C20H21N3O/c24-18-8-6-16(7-9-18)15-22-11-13-23(14-12-22)19-5-1-3-17-4-2-10-21-20(17)19/h1-10,24H,11-15H2. The monoisotopic (exact) mass is 319 g/mol. The van der Waals surface area contributed by atoms with E-state index in [2.05, 4.69) is 39.0 Å². The van der Waals surface area contributed by atoms with Gasteiger partial charge in [-0.2, -0.15) is 0 Å². The number of fused-ring (bicyclic) bond motifs is 1. The maximum Gasteiger partial charge on any atom is 0.115 e. The molecule has 4 heteroatoms. The van der Waals surface area contributed by atoms with Gasteiger partial charge in [0, 0.05) is 44.3 Å². The van der Waals surface area contributed by atoms with Crippen LogP contribution in [0, 0.1) is 0 Å². The second-order valence-electron chi connectivity index (χ2n) is 6.28. The number of phenolic OH excluding ortho intramolecular Hbond substituents is 1. The minimum atomic E-state index is 0.326. The molecule has 0 unspecified atom stereocenters. The fourth-order valence-electron chi connectivity index (χ4n) is 3.35. The maximum atomic E-state index is 9.38. The Labute approximate surface area is 142 Å². The summed E-state index contributed by atoms with van der Waals surface area (Å²) in [5.74, 6) is 0.326. The summed E-state index contributed by atoms with van der Waals surface area (Å²) >= 11 is 0. The molecule has 1 aliphatic rings. The topological polar surface area (TPSA) is 39.6 Å². The van der Waals surface area contributed by atoms with Crippen molar-refractivity contribution in [3.05, 3.63) is 66.4 Å². The minimum Gasteiger partial charge on any atom is -0.508 e. The molecule has 1 N–H and O–H groups in total. The van der Waals surface area contributed by atoms with E-state index in [1.807, 2.05) is 24.4 Å². The highest BCUT2D eigenvalue weighted by molar-refractivity contribution is 5.90. The minimum absolute atomic E-state index is 0.326. The zero-order valence-corrected chi connectivity index (χ0v) is 13.6. The molecule has 0 spiro atoms. The Hall–Kier alpha value is -2.59. The molecule has 2 aromatic carbocycles. The van der Waals surface area contributed by atoms with Crippen molar-refractivity contribution in [2.24, 2.45) is 0 Å². The van der Waals surface area contributed by atoms with Crippen LogP contribution < -0.4 is 4.90 Å². The summed E-state index contributed by atoms with van der Waals surface area (Å²) in [5, 5.41) is 10.6. The number of phenols is 1. The highest BCUT2D eigenvalue weighted by Gasteiger charge is 2.19. The molecule has 0 aliphatic carbocycles. The predicted molar refractivity (Wildman–Crippen MR) is 97.3 cm³/mol. The summed E-state index contributed by atoms with van der Waals surface area (Å²) in [4.78, 5) is 9.47. The number of nitrogens with zero attached hydrogens (tertiary/aromatic N) is 3.